The Morgan fingerprint density at radius 3 is 2.28 bits per heavy atom. The molecule has 0 radical (unpaired) electrons. The van der Waals surface area contributed by atoms with Crippen molar-refractivity contribution in [3.05, 3.63) is 89.6 Å². The van der Waals surface area contributed by atoms with Crippen LogP contribution >= 0.6 is 0 Å². The van der Waals surface area contributed by atoms with Gasteiger partial charge in [0.25, 0.3) is 0 Å². The molecule has 2 aromatic carbocycles. The summed E-state index contributed by atoms with van der Waals surface area (Å²) in [5.74, 6) is 5.63. The van der Waals surface area contributed by atoms with E-state index in [4.69, 9.17) is 0 Å². The number of amides is 1. The third-order valence-corrected chi connectivity index (χ3v) is 6.86. The summed E-state index contributed by atoms with van der Waals surface area (Å²) in [6, 6.07) is 20.1. The van der Waals surface area contributed by atoms with Crippen molar-refractivity contribution in [3.63, 3.8) is 0 Å². The van der Waals surface area contributed by atoms with Gasteiger partial charge in [-0.2, -0.15) is 0 Å². The summed E-state index contributed by atoms with van der Waals surface area (Å²) in [5, 5.41) is -1.18. The van der Waals surface area contributed by atoms with Crippen LogP contribution in [-0.2, 0) is 21.1 Å². The van der Waals surface area contributed by atoms with Crippen LogP contribution in [0.1, 0.15) is 16.7 Å². The molecule has 29 heavy (non-hydrogen) atoms. The molecule has 0 fully saturated rings. The first kappa shape index (κ1) is 18.9. The predicted molar refractivity (Wildman–Crippen MR) is 111 cm³/mol. The lowest BCUT2D eigenvalue weighted by molar-refractivity contribution is -0.118. The summed E-state index contributed by atoms with van der Waals surface area (Å²) in [5.41, 5.74) is 2.10. The first-order chi connectivity index (χ1) is 14.0. The van der Waals surface area contributed by atoms with Crippen LogP contribution in [0.15, 0.2) is 77.8 Å². The van der Waals surface area contributed by atoms with Crippen molar-refractivity contribution in [2.24, 2.45) is 0 Å². The van der Waals surface area contributed by atoms with Crippen molar-refractivity contribution < 1.29 is 13.2 Å². The number of hydrogen-bond acceptors (Lipinski definition) is 4. The van der Waals surface area contributed by atoms with Crippen molar-refractivity contribution in [1.29, 1.82) is 0 Å². The van der Waals surface area contributed by atoms with E-state index < -0.39 is 21.0 Å². The third kappa shape index (κ3) is 3.65. The fourth-order valence-corrected chi connectivity index (χ4v) is 5.14. The van der Waals surface area contributed by atoms with E-state index in [1.54, 1.807) is 7.05 Å². The number of hydrogen-bond donors (Lipinski definition) is 0. The quantitative estimate of drug-likeness (QED) is 0.618. The first-order valence-electron chi connectivity index (χ1n) is 9.09. The predicted octanol–water partition coefficient (Wildman–Crippen LogP) is 2.84. The van der Waals surface area contributed by atoms with Crippen LogP contribution in [0.4, 0.5) is 5.82 Å². The van der Waals surface area contributed by atoms with Gasteiger partial charge in [-0.1, -0.05) is 60.4 Å². The molecule has 2 heterocycles. The Morgan fingerprint density at radius 2 is 1.59 bits per heavy atom. The van der Waals surface area contributed by atoms with Crippen LogP contribution in [0, 0.1) is 11.8 Å². The second-order valence-electron chi connectivity index (χ2n) is 6.78. The summed E-state index contributed by atoms with van der Waals surface area (Å²) >= 11 is 0. The Hall–Kier alpha value is -3.43. The van der Waals surface area contributed by atoms with Gasteiger partial charge >= 0.3 is 0 Å². The number of rotatable bonds is 2. The maximum absolute atomic E-state index is 13.3. The zero-order valence-electron chi connectivity index (χ0n) is 15.7. The maximum atomic E-state index is 13.3. The highest BCUT2D eigenvalue weighted by Gasteiger charge is 2.44. The average molecular weight is 402 g/mol. The monoisotopic (exact) mass is 402 g/mol. The van der Waals surface area contributed by atoms with Gasteiger partial charge in [-0.05, 0) is 30.2 Å². The molecule has 1 atom stereocenters. The number of carbonyl (C=O) groups excluding carboxylic acids is 1. The normalized spacial score (nSPS) is 17.2. The second kappa shape index (κ2) is 7.53. The number of fused-ring (bicyclic) bond motifs is 1. The van der Waals surface area contributed by atoms with Crippen LogP contribution in [0.2, 0.25) is 0 Å². The minimum atomic E-state index is -3.89. The number of aromatic nitrogens is 1. The van der Waals surface area contributed by atoms with Gasteiger partial charge in [0, 0.05) is 24.4 Å². The fourth-order valence-electron chi connectivity index (χ4n) is 3.26. The van der Waals surface area contributed by atoms with E-state index in [0.717, 1.165) is 11.1 Å². The van der Waals surface area contributed by atoms with Crippen LogP contribution in [0.5, 0.6) is 0 Å². The zero-order valence-corrected chi connectivity index (χ0v) is 16.6. The molecular formula is C23H18N2O3S. The van der Waals surface area contributed by atoms with Crippen molar-refractivity contribution in [3.8, 4) is 11.8 Å². The van der Waals surface area contributed by atoms with Gasteiger partial charge in [-0.15, -0.1) is 0 Å². The molecule has 5 nitrogen and oxygen atoms in total. The summed E-state index contributed by atoms with van der Waals surface area (Å²) in [6.45, 7) is 0. The largest absolute Gasteiger partial charge is 0.298 e. The molecule has 1 aromatic heterocycles. The molecule has 3 aromatic rings. The van der Waals surface area contributed by atoms with Gasteiger partial charge in [0.15, 0.2) is 15.7 Å². The van der Waals surface area contributed by atoms with Gasteiger partial charge in [0.05, 0.1) is 0 Å². The molecule has 1 unspecified atom stereocenters. The van der Waals surface area contributed by atoms with Crippen molar-refractivity contribution in [2.45, 2.75) is 16.6 Å². The number of pyridine rings is 1. The Balaban J connectivity index is 1.74. The Bertz CT molecular complexity index is 1230. The lowest BCUT2D eigenvalue weighted by atomic mass is 10.1. The van der Waals surface area contributed by atoms with Gasteiger partial charge in [0.2, 0.25) is 5.91 Å². The van der Waals surface area contributed by atoms with Crippen LogP contribution < -0.4 is 4.90 Å². The number of anilines is 1. The lowest BCUT2D eigenvalue weighted by Gasteiger charge is -2.30. The zero-order chi connectivity index (χ0) is 20.4. The minimum Gasteiger partial charge on any atom is -0.298 e. The highest BCUT2D eigenvalue weighted by Crippen LogP contribution is 2.33. The summed E-state index contributed by atoms with van der Waals surface area (Å²) in [6.07, 6.45) is 1.61. The highest BCUT2D eigenvalue weighted by atomic mass is 32.2. The molecule has 0 bridgehead atoms. The van der Waals surface area contributed by atoms with E-state index in [-0.39, 0.29) is 17.1 Å². The number of sulfone groups is 1. The van der Waals surface area contributed by atoms with Gasteiger partial charge in [0.1, 0.15) is 10.1 Å². The second-order valence-corrected chi connectivity index (χ2v) is 8.88. The minimum absolute atomic E-state index is 0.0420. The van der Waals surface area contributed by atoms with E-state index in [9.17, 15) is 13.2 Å². The molecule has 4 rings (SSSR count). The van der Waals surface area contributed by atoms with Crippen LogP contribution in [0.3, 0.4) is 0 Å². The SMILES string of the molecule is CN1C(=O)C(Cc2ccccc2)S(=O)(=O)c2cc(C#Cc3ccccc3)cnc21. The van der Waals surface area contributed by atoms with Crippen molar-refractivity contribution in [1.82, 2.24) is 4.98 Å². The Labute approximate surface area is 169 Å². The molecule has 0 aliphatic carbocycles. The van der Waals surface area contributed by atoms with E-state index in [0.29, 0.717) is 5.56 Å². The van der Waals surface area contributed by atoms with Gasteiger partial charge < -0.3 is 0 Å². The Morgan fingerprint density at radius 1 is 0.966 bits per heavy atom. The highest BCUT2D eigenvalue weighted by molar-refractivity contribution is 7.93. The fraction of sp³-hybridized carbons (Fsp3) is 0.130. The van der Waals surface area contributed by atoms with Crippen LogP contribution in [-0.4, -0.2) is 31.6 Å². The van der Waals surface area contributed by atoms with E-state index in [1.165, 1.54) is 17.2 Å². The van der Waals surface area contributed by atoms with Crippen molar-refractivity contribution >= 4 is 21.6 Å². The van der Waals surface area contributed by atoms with E-state index >= 15 is 0 Å². The van der Waals surface area contributed by atoms with Gasteiger partial charge in [-0.25, -0.2) is 13.4 Å². The lowest BCUT2D eigenvalue weighted by Crippen LogP contribution is -2.47. The molecule has 0 saturated carbocycles. The molecule has 0 saturated heterocycles. The molecule has 1 aliphatic rings. The number of nitrogens with zero attached hydrogens (tertiary/aromatic N) is 2. The van der Waals surface area contributed by atoms with E-state index in [2.05, 4.69) is 16.8 Å². The molecule has 144 valence electrons. The molecule has 1 aliphatic heterocycles. The summed E-state index contributed by atoms with van der Waals surface area (Å²) < 4.78 is 26.5. The third-order valence-electron chi connectivity index (χ3n) is 4.83. The molecule has 0 N–H and O–H groups in total. The number of benzene rings is 2. The molecule has 6 heteroatoms. The Kier molecular flexibility index (Phi) is 4.91. The standard InChI is InChI=1S/C23H18N2O3S/c1-25-22-20(15-19(16-24-22)13-12-17-8-4-2-5-9-17)29(27,28)21(23(25)26)14-18-10-6-3-7-11-18/h2-11,15-16,21H,14H2,1H3. The topological polar surface area (TPSA) is 67.3 Å². The van der Waals surface area contributed by atoms with E-state index in [1.807, 2.05) is 60.7 Å². The summed E-state index contributed by atoms with van der Waals surface area (Å²) in [7, 11) is -2.34. The molecule has 1 amide bonds. The average Bonchev–Trinajstić information content (AvgIpc) is 2.75. The first-order valence-corrected chi connectivity index (χ1v) is 10.6. The smallest absolute Gasteiger partial charge is 0.246 e. The van der Waals surface area contributed by atoms with Gasteiger partial charge in [-0.3, -0.25) is 9.69 Å². The molecule has 0 spiro atoms. The van der Waals surface area contributed by atoms with Crippen LogP contribution in [0.25, 0.3) is 0 Å². The maximum Gasteiger partial charge on any atom is 0.246 e. The molecular weight excluding hydrogens is 384 g/mol. The number of carbonyl (C=O) groups is 1. The van der Waals surface area contributed by atoms with Crippen molar-refractivity contribution in [2.75, 3.05) is 11.9 Å². The summed E-state index contributed by atoms with van der Waals surface area (Å²) in [4.78, 5) is 18.4.